The summed E-state index contributed by atoms with van der Waals surface area (Å²) in [5, 5.41) is 10.3. The van der Waals surface area contributed by atoms with Gasteiger partial charge in [0.1, 0.15) is 0 Å². The summed E-state index contributed by atoms with van der Waals surface area (Å²) >= 11 is 0. The molecule has 3 heteroatoms. The summed E-state index contributed by atoms with van der Waals surface area (Å²) in [4.78, 5) is 11.4. The van der Waals surface area contributed by atoms with Crippen LogP contribution in [-0.4, -0.2) is 15.8 Å². The van der Waals surface area contributed by atoms with Crippen molar-refractivity contribution in [3.63, 3.8) is 0 Å². The Morgan fingerprint density at radius 3 is 2.33 bits per heavy atom. The highest BCUT2D eigenvalue weighted by Gasteiger charge is 2.14. The molecule has 0 spiro atoms. The lowest BCUT2D eigenvalue weighted by atomic mass is 10.1. The number of aromatic nitrogens is 1. The molecule has 3 rings (SSSR count). The zero-order valence-electron chi connectivity index (χ0n) is 9.58. The van der Waals surface area contributed by atoms with Gasteiger partial charge < -0.3 is 5.11 Å². The van der Waals surface area contributed by atoms with Gasteiger partial charge in [0.05, 0.1) is 11.2 Å². The van der Waals surface area contributed by atoms with Crippen LogP contribution in [0.3, 0.4) is 0 Å². The van der Waals surface area contributed by atoms with Crippen LogP contribution < -0.4 is 0 Å². The second-order valence-corrected chi connectivity index (χ2v) is 4.07. The van der Waals surface area contributed by atoms with Crippen LogP contribution in [0.15, 0.2) is 60.7 Å². The number of nitrogens with zero attached hydrogens (tertiary/aromatic N) is 1. The zero-order chi connectivity index (χ0) is 12.5. The summed E-state index contributed by atoms with van der Waals surface area (Å²) < 4.78 is 1.32. The molecule has 0 fully saturated rings. The fourth-order valence-electron chi connectivity index (χ4n) is 2.18. The molecule has 2 aromatic carbocycles. The number of benzene rings is 2. The second kappa shape index (κ2) is 4.04. The van der Waals surface area contributed by atoms with Crippen molar-refractivity contribution >= 4 is 17.0 Å². The standard InChI is InChI=1S/C15H11NO2/c17-15(18)16-13-9-5-4-8-12(13)10-14(16)11-6-2-1-3-7-11/h1-10H,(H,17,18). The van der Waals surface area contributed by atoms with E-state index in [1.807, 2.05) is 60.7 Å². The quantitative estimate of drug-likeness (QED) is 0.698. The first kappa shape index (κ1) is 10.6. The number of fused-ring (bicyclic) bond motifs is 1. The smallest absolute Gasteiger partial charge is 0.416 e. The Morgan fingerprint density at radius 1 is 0.944 bits per heavy atom. The third kappa shape index (κ3) is 1.57. The Bertz CT molecular complexity index is 714. The molecule has 1 N–H and O–H groups in total. The Kier molecular flexibility index (Phi) is 2.38. The molecule has 0 aliphatic heterocycles. The minimum atomic E-state index is -0.963. The van der Waals surface area contributed by atoms with Crippen LogP contribution in [0, 0.1) is 0 Å². The van der Waals surface area contributed by atoms with Gasteiger partial charge in [-0.25, -0.2) is 9.36 Å². The Balaban J connectivity index is 2.36. The Hall–Kier alpha value is -2.55. The number of carbonyl (C=O) groups is 1. The van der Waals surface area contributed by atoms with Crippen LogP contribution in [0.1, 0.15) is 0 Å². The molecule has 3 aromatic rings. The number of rotatable bonds is 1. The summed E-state index contributed by atoms with van der Waals surface area (Å²) in [6.45, 7) is 0. The first-order valence-corrected chi connectivity index (χ1v) is 5.66. The van der Waals surface area contributed by atoms with E-state index in [0.29, 0.717) is 11.2 Å². The fourth-order valence-corrected chi connectivity index (χ4v) is 2.18. The fraction of sp³-hybridized carbons (Fsp3) is 0. The molecular formula is C15H11NO2. The van der Waals surface area contributed by atoms with Gasteiger partial charge in [0.25, 0.3) is 0 Å². The van der Waals surface area contributed by atoms with Gasteiger partial charge in [-0.15, -0.1) is 0 Å². The SMILES string of the molecule is O=C(O)n1c(-c2ccccc2)cc2ccccc21. The van der Waals surface area contributed by atoms with Crippen molar-refractivity contribution in [3.8, 4) is 11.3 Å². The first-order chi connectivity index (χ1) is 8.77. The van der Waals surface area contributed by atoms with E-state index in [9.17, 15) is 9.90 Å². The molecule has 0 amide bonds. The number of carboxylic acid groups (broad SMARTS) is 1. The molecule has 0 saturated heterocycles. The number of para-hydroxylation sites is 1. The lowest BCUT2D eigenvalue weighted by Crippen LogP contribution is -2.08. The highest BCUT2D eigenvalue weighted by Crippen LogP contribution is 2.27. The van der Waals surface area contributed by atoms with E-state index in [-0.39, 0.29) is 0 Å². The molecule has 3 nitrogen and oxygen atoms in total. The molecule has 0 aliphatic carbocycles. The molecular weight excluding hydrogens is 226 g/mol. The van der Waals surface area contributed by atoms with Crippen molar-refractivity contribution < 1.29 is 9.90 Å². The molecule has 0 bridgehead atoms. The molecule has 1 aromatic heterocycles. The van der Waals surface area contributed by atoms with Crippen LogP contribution in [0.2, 0.25) is 0 Å². The average molecular weight is 237 g/mol. The predicted octanol–water partition coefficient (Wildman–Crippen LogP) is 3.83. The van der Waals surface area contributed by atoms with E-state index >= 15 is 0 Å². The van der Waals surface area contributed by atoms with Crippen LogP contribution >= 0.6 is 0 Å². The third-order valence-corrected chi connectivity index (χ3v) is 2.97. The van der Waals surface area contributed by atoms with Crippen LogP contribution in [-0.2, 0) is 0 Å². The highest BCUT2D eigenvalue weighted by atomic mass is 16.4. The maximum absolute atomic E-state index is 11.4. The summed E-state index contributed by atoms with van der Waals surface area (Å²) in [6.07, 6.45) is -0.963. The third-order valence-electron chi connectivity index (χ3n) is 2.97. The molecule has 0 saturated carbocycles. The molecule has 0 unspecified atom stereocenters. The van der Waals surface area contributed by atoms with Gasteiger partial charge in [0.15, 0.2) is 0 Å². The lowest BCUT2D eigenvalue weighted by molar-refractivity contribution is 0.198. The zero-order valence-corrected chi connectivity index (χ0v) is 9.58. The Morgan fingerprint density at radius 2 is 1.61 bits per heavy atom. The van der Waals surface area contributed by atoms with Crippen molar-refractivity contribution in [1.29, 1.82) is 0 Å². The monoisotopic (exact) mass is 237 g/mol. The van der Waals surface area contributed by atoms with Crippen LogP contribution in [0.4, 0.5) is 4.79 Å². The topological polar surface area (TPSA) is 42.2 Å². The van der Waals surface area contributed by atoms with Crippen molar-refractivity contribution in [3.05, 3.63) is 60.7 Å². The number of hydrogen-bond acceptors (Lipinski definition) is 1. The van der Waals surface area contributed by atoms with Gasteiger partial charge in [0, 0.05) is 5.39 Å². The largest absolute Gasteiger partial charge is 0.464 e. The highest BCUT2D eigenvalue weighted by molar-refractivity contribution is 5.95. The minimum Gasteiger partial charge on any atom is -0.464 e. The van der Waals surface area contributed by atoms with E-state index in [4.69, 9.17) is 0 Å². The molecule has 18 heavy (non-hydrogen) atoms. The van der Waals surface area contributed by atoms with Crippen molar-refractivity contribution in [2.45, 2.75) is 0 Å². The van der Waals surface area contributed by atoms with E-state index in [2.05, 4.69) is 0 Å². The normalized spacial score (nSPS) is 10.7. The summed E-state index contributed by atoms with van der Waals surface area (Å²) in [5.41, 5.74) is 2.31. The summed E-state index contributed by atoms with van der Waals surface area (Å²) in [7, 11) is 0. The maximum Gasteiger partial charge on any atom is 0.416 e. The molecule has 0 atom stereocenters. The molecule has 0 aliphatic rings. The summed E-state index contributed by atoms with van der Waals surface area (Å²) in [5.74, 6) is 0. The molecule has 0 radical (unpaired) electrons. The van der Waals surface area contributed by atoms with E-state index < -0.39 is 6.09 Å². The maximum atomic E-state index is 11.4. The van der Waals surface area contributed by atoms with Gasteiger partial charge in [-0.05, 0) is 17.7 Å². The van der Waals surface area contributed by atoms with Gasteiger partial charge in [-0.2, -0.15) is 0 Å². The van der Waals surface area contributed by atoms with Gasteiger partial charge >= 0.3 is 6.09 Å². The van der Waals surface area contributed by atoms with Gasteiger partial charge in [-0.1, -0.05) is 48.5 Å². The molecule has 88 valence electrons. The Labute approximate surface area is 104 Å². The van der Waals surface area contributed by atoms with E-state index in [1.165, 1.54) is 4.57 Å². The summed E-state index contributed by atoms with van der Waals surface area (Å²) in [6, 6.07) is 18.9. The van der Waals surface area contributed by atoms with Crippen LogP contribution in [0.5, 0.6) is 0 Å². The number of hydrogen-bond donors (Lipinski definition) is 1. The van der Waals surface area contributed by atoms with Crippen molar-refractivity contribution in [2.75, 3.05) is 0 Å². The first-order valence-electron chi connectivity index (χ1n) is 5.66. The van der Waals surface area contributed by atoms with Gasteiger partial charge in [0.2, 0.25) is 0 Å². The predicted molar refractivity (Wildman–Crippen MR) is 70.8 cm³/mol. The van der Waals surface area contributed by atoms with E-state index in [1.54, 1.807) is 0 Å². The van der Waals surface area contributed by atoms with Crippen LogP contribution in [0.25, 0.3) is 22.2 Å². The van der Waals surface area contributed by atoms with Crippen molar-refractivity contribution in [1.82, 2.24) is 4.57 Å². The second-order valence-electron chi connectivity index (χ2n) is 4.07. The lowest BCUT2D eigenvalue weighted by Gasteiger charge is -2.04. The van der Waals surface area contributed by atoms with Crippen molar-refractivity contribution in [2.24, 2.45) is 0 Å². The minimum absolute atomic E-state index is 0.698. The van der Waals surface area contributed by atoms with E-state index in [0.717, 1.165) is 10.9 Å². The average Bonchev–Trinajstić information content (AvgIpc) is 2.79. The van der Waals surface area contributed by atoms with Gasteiger partial charge in [-0.3, -0.25) is 0 Å². The molecule has 1 heterocycles.